The molecule has 0 amide bonds. The number of alkyl halides is 3. The van der Waals surface area contributed by atoms with Crippen molar-refractivity contribution in [1.82, 2.24) is 4.98 Å². The molecule has 3 N–H and O–H groups in total. The minimum atomic E-state index is -4.81. The van der Waals surface area contributed by atoms with E-state index in [2.05, 4.69) is 9.72 Å². The molecule has 0 radical (unpaired) electrons. The summed E-state index contributed by atoms with van der Waals surface area (Å²) in [5.74, 6) is -0.200. The SMILES string of the molecule is CC1(C)c2cc(OC[C@@H](O)CO)ccc2C(=O)c2c1[nH]c1cc(OC(F)(F)F)ccc21. The molecule has 1 heterocycles. The highest BCUT2D eigenvalue weighted by Crippen LogP contribution is 2.45. The van der Waals surface area contributed by atoms with Gasteiger partial charge in [-0.3, -0.25) is 4.79 Å². The van der Waals surface area contributed by atoms with Crippen LogP contribution in [0.1, 0.15) is 41.0 Å². The van der Waals surface area contributed by atoms with Crippen LogP contribution in [-0.2, 0) is 5.41 Å². The van der Waals surface area contributed by atoms with Crippen molar-refractivity contribution in [2.75, 3.05) is 13.2 Å². The van der Waals surface area contributed by atoms with E-state index in [4.69, 9.17) is 9.84 Å². The van der Waals surface area contributed by atoms with Crippen molar-refractivity contribution in [3.8, 4) is 11.5 Å². The number of benzene rings is 2. The zero-order chi connectivity index (χ0) is 22.6. The first-order chi connectivity index (χ1) is 14.5. The molecule has 0 unspecified atom stereocenters. The fourth-order valence-electron chi connectivity index (χ4n) is 3.92. The normalized spacial score (nSPS) is 16.0. The van der Waals surface area contributed by atoms with Gasteiger partial charge in [-0.25, -0.2) is 0 Å². The maximum atomic E-state index is 13.3. The molecule has 0 aliphatic heterocycles. The summed E-state index contributed by atoms with van der Waals surface area (Å²) in [7, 11) is 0. The third-order valence-corrected chi connectivity index (χ3v) is 5.42. The molecule has 6 nitrogen and oxygen atoms in total. The third kappa shape index (κ3) is 3.75. The van der Waals surface area contributed by atoms with Gasteiger partial charge in [0, 0.05) is 28.1 Å². The van der Waals surface area contributed by atoms with Crippen molar-refractivity contribution in [2.24, 2.45) is 0 Å². The molecule has 1 atom stereocenters. The number of aromatic amines is 1. The molecular weight excluding hydrogens is 415 g/mol. The first-order valence-corrected chi connectivity index (χ1v) is 9.54. The fourth-order valence-corrected chi connectivity index (χ4v) is 3.92. The Morgan fingerprint density at radius 1 is 1.13 bits per heavy atom. The maximum Gasteiger partial charge on any atom is 0.573 e. The highest BCUT2D eigenvalue weighted by molar-refractivity contribution is 6.20. The molecule has 0 bridgehead atoms. The number of hydrogen-bond donors (Lipinski definition) is 3. The Bertz CT molecular complexity index is 1170. The molecule has 0 saturated heterocycles. The number of aromatic nitrogens is 1. The predicted molar refractivity (Wildman–Crippen MR) is 106 cm³/mol. The van der Waals surface area contributed by atoms with E-state index in [0.29, 0.717) is 39.0 Å². The second kappa shape index (κ2) is 7.28. The highest BCUT2D eigenvalue weighted by atomic mass is 19.4. The largest absolute Gasteiger partial charge is 0.573 e. The monoisotopic (exact) mass is 435 g/mol. The van der Waals surface area contributed by atoms with Gasteiger partial charge in [-0.1, -0.05) is 13.8 Å². The Balaban J connectivity index is 1.77. The van der Waals surface area contributed by atoms with Crippen LogP contribution in [0.3, 0.4) is 0 Å². The fraction of sp³-hybridized carbons (Fsp3) is 0.318. The van der Waals surface area contributed by atoms with Gasteiger partial charge in [-0.15, -0.1) is 13.2 Å². The smallest absolute Gasteiger partial charge is 0.491 e. The lowest BCUT2D eigenvalue weighted by molar-refractivity contribution is -0.274. The molecule has 4 rings (SSSR count). The minimum absolute atomic E-state index is 0.108. The molecule has 0 fully saturated rings. The van der Waals surface area contributed by atoms with Gasteiger partial charge in [0.2, 0.25) is 0 Å². The average Bonchev–Trinajstić information content (AvgIpc) is 3.09. The summed E-state index contributed by atoms with van der Waals surface area (Å²) in [5.41, 5.74) is 1.82. The van der Waals surface area contributed by atoms with Crippen LogP contribution in [0.25, 0.3) is 10.9 Å². The van der Waals surface area contributed by atoms with Crippen molar-refractivity contribution in [2.45, 2.75) is 31.7 Å². The van der Waals surface area contributed by atoms with Crippen LogP contribution < -0.4 is 9.47 Å². The van der Waals surface area contributed by atoms with E-state index < -0.39 is 24.5 Å². The van der Waals surface area contributed by atoms with E-state index in [9.17, 15) is 23.1 Å². The van der Waals surface area contributed by atoms with Crippen molar-refractivity contribution in [3.05, 3.63) is 58.8 Å². The second-order valence-corrected chi connectivity index (χ2v) is 7.94. The molecular formula is C22H20F3NO5. The molecule has 2 aromatic carbocycles. The first kappa shape index (κ1) is 21.2. The summed E-state index contributed by atoms with van der Waals surface area (Å²) in [6, 6.07) is 8.78. The third-order valence-electron chi connectivity index (χ3n) is 5.42. The van der Waals surface area contributed by atoms with E-state index in [1.54, 1.807) is 18.2 Å². The molecule has 0 spiro atoms. The molecule has 3 aromatic rings. The number of fused-ring (bicyclic) bond motifs is 4. The number of ketones is 1. The zero-order valence-electron chi connectivity index (χ0n) is 16.7. The van der Waals surface area contributed by atoms with Crippen LogP contribution in [0.5, 0.6) is 11.5 Å². The van der Waals surface area contributed by atoms with E-state index in [1.165, 1.54) is 18.2 Å². The summed E-state index contributed by atoms with van der Waals surface area (Å²) in [5, 5.41) is 18.9. The van der Waals surface area contributed by atoms with Gasteiger partial charge >= 0.3 is 6.36 Å². The standard InChI is InChI=1S/C22H20F3NO5/c1-21(2)16-7-12(30-10-11(28)9-27)3-5-14(16)19(29)18-15-6-4-13(31-22(23,24)25)8-17(15)26-20(18)21/h3-8,11,26-28H,9-10H2,1-2H3/t11-/m0/s1. The number of hydrogen-bond acceptors (Lipinski definition) is 5. The molecule has 164 valence electrons. The molecule has 1 aliphatic rings. The van der Waals surface area contributed by atoms with E-state index in [1.807, 2.05) is 13.8 Å². The van der Waals surface area contributed by atoms with E-state index in [-0.39, 0.29) is 18.1 Å². The summed E-state index contributed by atoms with van der Waals surface area (Å²) < 4.78 is 47.2. The van der Waals surface area contributed by atoms with Crippen molar-refractivity contribution in [1.29, 1.82) is 0 Å². The number of nitrogens with one attached hydrogen (secondary N) is 1. The van der Waals surface area contributed by atoms with E-state index >= 15 is 0 Å². The number of halogens is 3. The van der Waals surface area contributed by atoms with Crippen LogP contribution in [0.2, 0.25) is 0 Å². The first-order valence-electron chi connectivity index (χ1n) is 9.54. The second-order valence-electron chi connectivity index (χ2n) is 7.94. The van der Waals surface area contributed by atoms with Crippen LogP contribution in [0.15, 0.2) is 36.4 Å². The van der Waals surface area contributed by atoms with Gasteiger partial charge in [0.15, 0.2) is 5.78 Å². The van der Waals surface area contributed by atoms with Gasteiger partial charge in [0.05, 0.1) is 17.7 Å². The van der Waals surface area contributed by atoms with Gasteiger partial charge in [-0.2, -0.15) is 0 Å². The van der Waals surface area contributed by atoms with Crippen LogP contribution >= 0.6 is 0 Å². The number of H-pyrrole nitrogens is 1. The van der Waals surface area contributed by atoms with E-state index in [0.717, 1.165) is 0 Å². The summed E-state index contributed by atoms with van der Waals surface area (Å²) in [4.78, 5) is 16.4. The maximum absolute atomic E-state index is 13.3. The highest BCUT2D eigenvalue weighted by Gasteiger charge is 2.40. The Morgan fingerprint density at radius 3 is 2.52 bits per heavy atom. The number of carbonyl (C=O) groups is 1. The zero-order valence-corrected chi connectivity index (χ0v) is 16.7. The number of aliphatic hydroxyl groups is 2. The lowest BCUT2D eigenvalue weighted by Gasteiger charge is -2.32. The van der Waals surface area contributed by atoms with Crippen LogP contribution in [0, 0.1) is 0 Å². The molecule has 31 heavy (non-hydrogen) atoms. The average molecular weight is 435 g/mol. The van der Waals surface area contributed by atoms with Gasteiger partial charge < -0.3 is 24.7 Å². The van der Waals surface area contributed by atoms with Gasteiger partial charge in [0.25, 0.3) is 0 Å². The Labute approximate surface area is 175 Å². The van der Waals surface area contributed by atoms with Crippen LogP contribution in [0.4, 0.5) is 13.2 Å². The lowest BCUT2D eigenvalue weighted by atomic mass is 9.71. The number of ether oxygens (including phenoxy) is 2. The minimum Gasteiger partial charge on any atom is -0.491 e. The Hall–Kier alpha value is -3.04. The number of rotatable bonds is 5. The number of carbonyl (C=O) groups excluding carboxylic acids is 1. The Morgan fingerprint density at radius 2 is 1.84 bits per heavy atom. The topological polar surface area (TPSA) is 91.8 Å². The van der Waals surface area contributed by atoms with Crippen LogP contribution in [-0.4, -0.2) is 46.7 Å². The summed E-state index contributed by atoms with van der Waals surface area (Å²) in [6.07, 6.45) is -5.84. The molecule has 9 heteroatoms. The van der Waals surface area contributed by atoms with Gasteiger partial charge in [-0.05, 0) is 35.9 Å². The molecule has 1 aromatic heterocycles. The number of aliphatic hydroxyl groups excluding tert-OH is 2. The quantitative estimate of drug-likeness (QED) is 0.569. The van der Waals surface area contributed by atoms with Crippen molar-refractivity contribution >= 4 is 16.7 Å². The Kier molecular flexibility index (Phi) is 4.98. The van der Waals surface area contributed by atoms with Crippen molar-refractivity contribution < 1.29 is 37.7 Å². The lowest BCUT2D eigenvalue weighted by Crippen LogP contribution is -2.30. The predicted octanol–water partition coefficient (Wildman–Crippen LogP) is 3.67. The molecule has 1 aliphatic carbocycles. The summed E-state index contributed by atoms with van der Waals surface area (Å²) >= 11 is 0. The molecule has 0 saturated carbocycles. The summed E-state index contributed by atoms with van der Waals surface area (Å²) in [6.45, 7) is 3.24. The van der Waals surface area contributed by atoms with Gasteiger partial charge in [0.1, 0.15) is 24.2 Å². The van der Waals surface area contributed by atoms with Crippen molar-refractivity contribution in [3.63, 3.8) is 0 Å².